The summed E-state index contributed by atoms with van der Waals surface area (Å²) in [4.78, 5) is 21.2. The summed E-state index contributed by atoms with van der Waals surface area (Å²) in [5.74, 6) is -0.357. The lowest BCUT2D eigenvalue weighted by Crippen LogP contribution is -2.43. The van der Waals surface area contributed by atoms with E-state index in [0.717, 1.165) is 0 Å². The topological polar surface area (TPSA) is 118 Å². The van der Waals surface area contributed by atoms with Gasteiger partial charge in [0.1, 0.15) is 5.76 Å². The van der Waals surface area contributed by atoms with Crippen LogP contribution in [0.15, 0.2) is 23.5 Å². The van der Waals surface area contributed by atoms with Crippen LogP contribution in [0.4, 0.5) is 0 Å². The molecule has 1 amide bonds. The lowest BCUT2D eigenvalue weighted by atomic mass is 10.0. The van der Waals surface area contributed by atoms with Crippen LogP contribution < -0.4 is 11.1 Å². The van der Waals surface area contributed by atoms with E-state index >= 15 is 0 Å². The third kappa shape index (κ3) is 3.74. The Balaban J connectivity index is 2.66. The van der Waals surface area contributed by atoms with Crippen molar-refractivity contribution >= 4 is 18.5 Å². The van der Waals surface area contributed by atoms with E-state index in [-0.39, 0.29) is 24.5 Å². The number of nitrogens with one attached hydrogen (secondary N) is 1. The molecule has 0 aliphatic heterocycles. The van der Waals surface area contributed by atoms with Crippen LogP contribution in [-0.4, -0.2) is 40.3 Å². The molecule has 2 atom stereocenters. The Morgan fingerprint density at radius 3 is 2.94 bits per heavy atom. The summed E-state index contributed by atoms with van der Waals surface area (Å²) in [5.41, 5.74) is 5.50. The second-order valence-electron chi connectivity index (χ2n) is 3.89. The number of primary amides is 1. The normalized spacial score (nSPS) is 20.8. The molecule has 1 rings (SSSR count). The monoisotopic (exact) mass is 273 g/mol. The number of nitrogens with zero attached hydrogens (tertiary/aromatic N) is 1. The molecule has 100 valence electrons. The Labute approximate surface area is 109 Å². The molecule has 0 bridgehead atoms. The van der Waals surface area contributed by atoms with E-state index in [2.05, 4.69) is 17.9 Å². The number of thiol groups is 1. The highest BCUT2D eigenvalue weighted by molar-refractivity contribution is 7.80. The molecule has 8 heteroatoms. The number of nitro groups is 1. The number of hydrogen-bond donors (Lipinski definition) is 4. The number of aliphatic hydroxyl groups is 1. The minimum absolute atomic E-state index is 0.0111. The van der Waals surface area contributed by atoms with E-state index in [1.165, 1.54) is 12.2 Å². The van der Waals surface area contributed by atoms with Gasteiger partial charge in [-0.2, -0.15) is 12.6 Å². The highest BCUT2D eigenvalue weighted by Gasteiger charge is 2.23. The van der Waals surface area contributed by atoms with Crippen LogP contribution in [0, 0.1) is 10.1 Å². The Morgan fingerprint density at radius 1 is 1.78 bits per heavy atom. The largest absolute Gasteiger partial charge is 0.508 e. The molecule has 0 aromatic heterocycles. The van der Waals surface area contributed by atoms with E-state index < -0.39 is 22.9 Å². The van der Waals surface area contributed by atoms with Gasteiger partial charge in [0.15, 0.2) is 0 Å². The highest BCUT2D eigenvalue weighted by Crippen LogP contribution is 2.18. The summed E-state index contributed by atoms with van der Waals surface area (Å²) in [6, 6.07) is -1.49. The number of aliphatic hydroxyl groups excluding tert-OH is 1. The predicted octanol–water partition coefficient (Wildman–Crippen LogP) is -0.223. The maximum absolute atomic E-state index is 11.0. The van der Waals surface area contributed by atoms with Crippen LogP contribution in [0.1, 0.15) is 6.42 Å². The van der Waals surface area contributed by atoms with Gasteiger partial charge >= 0.3 is 0 Å². The molecule has 0 saturated carbocycles. The lowest BCUT2D eigenvalue weighted by Gasteiger charge is -2.17. The zero-order chi connectivity index (χ0) is 13.7. The first-order valence-corrected chi connectivity index (χ1v) is 5.96. The average molecular weight is 273 g/mol. The predicted molar refractivity (Wildman–Crippen MR) is 69.0 cm³/mol. The van der Waals surface area contributed by atoms with Gasteiger partial charge in [0.25, 0.3) is 0 Å². The first-order chi connectivity index (χ1) is 8.45. The van der Waals surface area contributed by atoms with Gasteiger partial charge in [0.2, 0.25) is 11.9 Å². The maximum Gasteiger partial charge on any atom is 0.235 e. The number of rotatable bonds is 6. The molecule has 0 aromatic rings. The van der Waals surface area contributed by atoms with Gasteiger partial charge in [-0.05, 0) is 12.2 Å². The van der Waals surface area contributed by atoms with Crippen molar-refractivity contribution < 1.29 is 14.8 Å². The molecule has 0 heterocycles. The number of carbonyl (C=O) groups is 1. The Kier molecular flexibility index (Phi) is 5.17. The highest BCUT2D eigenvalue weighted by atomic mass is 32.1. The summed E-state index contributed by atoms with van der Waals surface area (Å²) in [6.45, 7) is 0.126. The maximum atomic E-state index is 11.0. The standard InChI is InChI=1S/C10H15N3O4S/c11-10(15)8(5-18)12-4-6-3-7(13(16)17)1-2-9(6)14/h2-3,7-8,12,14,18H,1,4-5H2,(H2,11,15)/t7?,8-/m0/s1. The van der Waals surface area contributed by atoms with E-state index in [1.807, 2.05) is 0 Å². The van der Waals surface area contributed by atoms with Crippen molar-refractivity contribution in [1.29, 1.82) is 0 Å². The summed E-state index contributed by atoms with van der Waals surface area (Å²) in [7, 11) is 0. The van der Waals surface area contributed by atoms with Crippen molar-refractivity contribution in [2.75, 3.05) is 12.3 Å². The summed E-state index contributed by atoms with van der Waals surface area (Å²) >= 11 is 3.96. The molecule has 0 fully saturated rings. The number of hydrogen-bond acceptors (Lipinski definition) is 6. The minimum Gasteiger partial charge on any atom is -0.508 e. The van der Waals surface area contributed by atoms with Gasteiger partial charge in [-0.3, -0.25) is 14.9 Å². The second kappa shape index (κ2) is 6.41. The molecule has 4 N–H and O–H groups in total. The lowest BCUT2D eigenvalue weighted by molar-refractivity contribution is -0.508. The molecule has 0 saturated heterocycles. The smallest absolute Gasteiger partial charge is 0.235 e. The van der Waals surface area contributed by atoms with Gasteiger partial charge in [-0.15, -0.1) is 0 Å². The van der Waals surface area contributed by atoms with Crippen LogP contribution in [0.2, 0.25) is 0 Å². The molecule has 0 radical (unpaired) electrons. The van der Waals surface area contributed by atoms with E-state index in [9.17, 15) is 20.0 Å². The van der Waals surface area contributed by atoms with Gasteiger partial charge in [-0.25, -0.2) is 0 Å². The summed E-state index contributed by atoms with van der Waals surface area (Å²) in [5, 5.41) is 23.0. The zero-order valence-electron chi connectivity index (χ0n) is 9.57. The van der Waals surface area contributed by atoms with Crippen molar-refractivity contribution in [2.45, 2.75) is 18.5 Å². The first kappa shape index (κ1) is 14.5. The number of carbonyl (C=O) groups excluding carboxylic acids is 1. The fourth-order valence-electron chi connectivity index (χ4n) is 1.53. The fourth-order valence-corrected chi connectivity index (χ4v) is 1.84. The van der Waals surface area contributed by atoms with Gasteiger partial charge < -0.3 is 16.2 Å². The molecule has 1 aliphatic rings. The first-order valence-electron chi connectivity index (χ1n) is 5.33. The molecule has 18 heavy (non-hydrogen) atoms. The molecule has 0 spiro atoms. The third-order valence-corrected chi connectivity index (χ3v) is 2.98. The Hall–Kier alpha value is -1.54. The fraction of sp³-hybridized carbons (Fsp3) is 0.500. The van der Waals surface area contributed by atoms with Crippen molar-refractivity contribution in [3.05, 3.63) is 33.6 Å². The van der Waals surface area contributed by atoms with Crippen molar-refractivity contribution in [3.63, 3.8) is 0 Å². The van der Waals surface area contributed by atoms with Crippen molar-refractivity contribution in [1.82, 2.24) is 5.32 Å². The summed E-state index contributed by atoms with van der Waals surface area (Å²) < 4.78 is 0. The molecular formula is C10H15N3O4S. The van der Waals surface area contributed by atoms with Gasteiger partial charge in [0.05, 0.1) is 6.04 Å². The molecule has 0 aromatic carbocycles. The van der Waals surface area contributed by atoms with Crippen LogP contribution in [0.5, 0.6) is 0 Å². The van der Waals surface area contributed by atoms with Crippen LogP contribution in [-0.2, 0) is 4.79 Å². The Bertz CT molecular complexity index is 408. The average Bonchev–Trinajstić information content (AvgIpc) is 2.31. The number of nitrogens with two attached hydrogens (primary N) is 1. The van der Waals surface area contributed by atoms with Crippen LogP contribution in [0.25, 0.3) is 0 Å². The minimum atomic E-state index is -0.847. The molecular weight excluding hydrogens is 258 g/mol. The van der Waals surface area contributed by atoms with E-state index in [4.69, 9.17) is 5.73 Å². The third-order valence-electron chi connectivity index (χ3n) is 2.61. The number of amides is 1. The molecule has 1 unspecified atom stereocenters. The van der Waals surface area contributed by atoms with E-state index in [1.54, 1.807) is 0 Å². The van der Waals surface area contributed by atoms with Crippen LogP contribution >= 0.6 is 12.6 Å². The zero-order valence-corrected chi connectivity index (χ0v) is 10.5. The van der Waals surface area contributed by atoms with Crippen molar-refractivity contribution in [2.24, 2.45) is 5.73 Å². The summed E-state index contributed by atoms with van der Waals surface area (Å²) in [6.07, 6.45) is 2.93. The molecule has 1 aliphatic carbocycles. The van der Waals surface area contributed by atoms with Gasteiger partial charge in [-0.1, -0.05) is 0 Å². The quantitative estimate of drug-likeness (QED) is 0.303. The van der Waals surface area contributed by atoms with Crippen LogP contribution in [0.3, 0.4) is 0 Å². The SMILES string of the molecule is NC(=O)[C@H](CS)NCC1=CC([N+](=O)[O-])CC=C1O. The van der Waals surface area contributed by atoms with Gasteiger partial charge in [0, 0.05) is 29.2 Å². The molecule has 7 nitrogen and oxygen atoms in total. The van der Waals surface area contributed by atoms with Crippen molar-refractivity contribution in [3.8, 4) is 0 Å². The van der Waals surface area contributed by atoms with E-state index in [0.29, 0.717) is 5.57 Å². The Morgan fingerprint density at radius 2 is 2.44 bits per heavy atom. The second-order valence-corrected chi connectivity index (χ2v) is 4.25.